The lowest BCUT2D eigenvalue weighted by Crippen LogP contribution is -2.20. The third-order valence-electron chi connectivity index (χ3n) is 3.79. The highest BCUT2D eigenvalue weighted by molar-refractivity contribution is 5.39. The van der Waals surface area contributed by atoms with Crippen molar-refractivity contribution in [2.24, 2.45) is 0 Å². The van der Waals surface area contributed by atoms with Gasteiger partial charge in [-0.15, -0.1) is 0 Å². The summed E-state index contributed by atoms with van der Waals surface area (Å²) >= 11 is 0. The summed E-state index contributed by atoms with van der Waals surface area (Å²) in [5, 5.41) is 3.38. The molecule has 0 spiro atoms. The Morgan fingerprint density at radius 2 is 1.16 bits per heavy atom. The fourth-order valence-electron chi connectivity index (χ4n) is 2.49. The van der Waals surface area contributed by atoms with Crippen LogP contribution in [0.25, 0.3) is 0 Å². The maximum absolute atomic E-state index is 5.90. The average molecular weight is 333 g/mol. The van der Waals surface area contributed by atoms with Crippen LogP contribution in [0.3, 0.4) is 0 Å². The smallest absolute Gasteiger partial charge is 0.161 e. The topological polar surface area (TPSA) is 30.5 Å². The summed E-state index contributed by atoms with van der Waals surface area (Å²) < 4.78 is 11.8. The molecule has 0 atom stereocenters. The Morgan fingerprint density at radius 3 is 1.84 bits per heavy atom. The first-order valence-corrected chi connectivity index (χ1v) is 8.55. The maximum Gasteiger partial charge on any atom is 0.161 e. The van der Waals surface area contributed by atoms with Gasteiger partial charge in [-0.3, -0.25) is 0 Å². The van der Waals surface area contributed by atoms with Gasteiger partial charge < -0.3 is 14.8 Å². The quantitative estimate of drug-likeness (QED) is 0.588. The summed E-state index contributed by atoms with van der Waals surface area (Å²) in [4.78, 5) is 0. The Balaban J connectivity index is 1.44. The fraction of sp³-hybridized carbons (Fsp3) is 0.182. The minimum atomic E-state index is 0.535. The molecule has 3 aromatic rings. The number of ether oxygens (including phenoxy) is 2. The molecule has 3 heteroatoms. The van der Waals surface area contributed by atoms with E-state index in [1.54, 1.807) is 0 Å². The predicted molar refractivity (Wildman–Crippen MR) is 101 cm³/mol. The van der Waals surface area contributed by atoms with Gasteiger partial charge in [-0.2, -0.15) is 0 Å². The van der Waals surface area contributed by atoms with Crippen molar-refractivity contribution in [2.75, 3.05) is 13.2 Å². The van der Waals surface area contributed by atoms with Crippen molar-refractivity contribution < 1.29 is 9.47 Å². The van der Waals surface area contributed by atoms with Gasteiger partial charge in [0.05, 0.1) is 0 Å². The van der Waals surface area contributed by atoms with E-state index in [2.05, 4.69) is 29.6 Å². The molecule has 1 N–H and O–H groups in total. The molecule has 0 aliphatic rings. The van der Waals surface area contributed by atoms with Crippen LogP contribution in [0.2, 0.25) is 0 Å². The summed E-state index contributed by atoms with van der Waals surface area (Å²) in [5.41, 5.74) is 2.41. The zero-order valence-corrected chi connectivity index (χ0v) is 14.2. The Labute approximate surface area is 149 Å². The van der Waals surface area contributed by atoms with Gasteiger partial charge in [-0.05, 0) is 23.3 Å². The molecule has 0 radical (unpaired) electrons. The second-order valence-electron chi connectivity index (χ2n) is 5.73. The highest BCUT2D eigenvalue weighted by Gasteiger charge is 2.04. The molecular formula is C22H23NO2. The minimum absolute atomic E-state index is 0.535. The average Bonchev–Trinajstić information content (AvgIpc) is 2.68. The zero-order chi connectivity index (χ0) is 17.2. The molecule has 0 saturated carbocycles. The molecule has 0 aliphatic heterocycles. The Morgan fingerprint density at radius 1 is 0.600 bits per heavy atom. The maximum atomic E-state index is 5.90. The van der Waals surface area contributed by atoms with Gasteiger partial charge >= 0.3 is 0 Å². The SMILES string of the molecule is c1ccc(CNCCOc2ccccc2OCc2ccccc2)cc1. The molecule has 0 aromatic heterocycles. The molecule has 128 valence electrons. The van der Waals surface area contributed by atoms with Gasteiger partial charge in [0.1, 0.15) is 13.2 Å². The summed E-state index contributed by atoms with van der Waals surface area (Å²) in [6.45, 7) is 2.75. The van der Waals surface area contributed by atoms with Crippen LogP contribution >= 0.6 is 0 Å². The van der Waals surface area contributed by atoms with E-state index in [1.165, 1.54) is 5.56 Å². The third kappa shape index (κ3) is 5.66. The van der Waals surface area contributed by atoms with Gasteiger partial charge in [0.15, 0.2) is 11.5 Å². The second-order valence-corrected chi connectivity index (χ2v) is 5.73. The molecule has 0 bridgehead atoms. The van der Waals surface area contributed by atoms with Crippen LogP contribution < -0.4 is 14.8 Å². The van der Waals surface area contributed by atoms with Crippen LogP contribution in [0.4, 0.5) is 0 Å². The summed E-state index contributed by atoms with van der Waals surface area (Å²) in [5.74, 6) is 1.55. The fourth-order valence-corrected chi connectivity index (χ4v) is 2.49. The van der Waals surface area contributed by atoms with Gasteiger partial charge in [0.25, 0.3) is 0 Å². The lowest BCUT2D eigenvalue weighted by Gasteiger charge is -2.13. The number of hydrogen-bond donors (Lipinski definition) is 1. The highest BCUT2D eigenvalue weighted by Crippen LogP contribution is 2.27. The van der Waals surface area contributed by atoms with E-state index >= 15 is 0 Å². The normalized spacial score (nSPS) is 10.4. The molecule has 25 heavy (non-hydrogen) atoms. The second kappa shape index (κ2) is 9.50. The van der Waals surface area contributed by atoms with E-state index < -0.39 is 0 Å². The third-order valence-corrected chi connectivity index (χ3v) is 3.79. The van der Waals surface area contributed by atoms with Crippen molar-refractivity contribution in [1.29, 1.82) is 0 Å². The summed E-state index contributed by atoms with van der Waals surface area (Å²) in [6.07, 6.45) is 0. The van der Waals surface area contributed by atoms with Crippen LogP contribution in [-0.2, 0) is 13.2 Å². The van der Waals surface area contributed by atoms with Crippen LogP contribution in [0, 0.1) is 0 Å². The number of hydrogen-bond acceptors (Lipinski definition) is 3. The molecule has 0 heterocycles. The van der Waals surface area contributed by atoms with Crippen LogP contribution in [0.1, 0.15) is 11.1 Å². The van der Waals surface area contributed by atoms with Crippen LogP contribution in [-0.4, -0.2) is 13.2 Å². The largest absolute Gasteiger partial charge is 0.488 e. The van der Waals surface area contributed by atoms with E-state index in [1.807, 2.05) is 60.7 Å². The van der Waals surface area contributed by atoms with Gasteiger partial charge in [-0.1, -0.05) is 72.8 Å². The first-order valence-electron chi connectivity index (χ1n) is 8.55. The van der Waals surface area contributed by atoms with E-state index in [4.69, 9.17) is 9.47 Å². The minimum Gasteiger partial charge on any atom is -0.488 e. The Kier molecular flexibility index (Phi) is 6.48. The first kappa shape index (κ1) is 17.1. The molecule has 0 fully saturated rings. The van der Waals surface area contributed by atoms with Crippen LogP contribution in [0.5, 0.6) is 11.5 Å². The molecular weight excluding hydrogens is 310 g/mol. The molecule has 3 aromatic carbocycles. The van der Waals surface area contributed by atoms with Gasteiger partial charge in [0, 0.05) is 13.1 Å². The van der Waals surface area contributed by atoms with Crippen molar-refractivity contribution in [3.8, 4) is 11.5 Å². The van der Waals surface area contributed by atoms with Gasteiger partial charge in [0.2, 0.25) is 0 Å². The van der Waals surface area contributed by atoms with E-state index in [0.717, 1.165) is 30.2 Å². The first-order chi connectivity index (χ1) is 12.4. The van der Waals surface area contributed by atoms with Gasteiger partial charge in [-0.25, -0.2) is 0 Å². The number of rotatable bonds is 9. The van der Waals surface area contributed by atoms with Crippen molar-refractivity contribution in [3.63, 3.8) is 0 Å². The lowest BCUT2D eigenvalue weighted by molar-refractivity contribution is 0.261. The van der Waals surface area contributed by atoms with E-state index in [9.17, 15) is 0 Å². The molecule has 3 nitrogen and oxygen atoms in total. The van der Waals surface area contributed by atoms with E-state index in [0.29, 0.717) is 13.2 Å². The van der Waals surface area contributed by atoms with Crippen molar-refractivity contribution >= 4 is 0 Å². The molecule has 0 amide bonds. The highest BCUT2D eigenvalue weighted by atomic mass is 16.5. The monoisotopic (exact) mass is 333 g/mol. The number of para-hydroxylation sites is 2. The zero-order valence-electron chi connectivity index (χ0n) is 14.2. The lowest BCUT2D eigenvalue weighted by atomic mass is 10.2. The summed E-state index contributed by atoms with van der Waals surface area (Å²) in [7, 11) is 0. The molecule has 0 unspecified atom stereocenters. The van der Waals surface area contributed by atoms with Crippen molar-refractivity contribution in [1.82, 2.24) is 5.32 Å². The molecule has 3 rings (SSSR count). The molecule has 0 saturated heterocycles. The van der Waals surface area contributed by atoms with Crippen LogP contribution in [0.15, 0.2) is 84.9 Å². The Hall–Kier alpha value is -2.78. The Bertz CT molecular complexity index is 744. The molecule has 0 aliphatic carbocycles. The standard InChI is InChI=1S/C22H23NO2/c1-3-9-19(10-4-1)17-23-15-16-24-21-13-7-8-14-22(21)25-18-20-11-5-2-6-12-20/h1-14,23H,15-18H2. The van der Waals surface area contributed by atoms with Crippen molar-refractivity contribution in [2.45, 2.75) is 13.2 Å². The van der Waals surface area contributed by atoms with E-state index in [-0.39, 0.29) is 0 Å². The van der Waals surface area contributed by atoms with Crippen molar-refractivity contribution in [3.05, 3.63) is 96.1 Å². The predicted octanol–water partition coefficient (Wildman–Crippen LogP) is 4.43. The number of benzene rings is 3. The number of nitrogens with one attached hydrogen (secondary N) is 1. The summed E-state index contributed by atoms with van der Waals surface area (Å²) in [6, 6.07) is 28.3.